The SMILES string of the molecule is CCCOc1cc(NCC(C)CNC)ncn1. The highest BCUT2D eigenvalue weighted by Gasteiger charge is 2.02. The van der Waals surface area contributed by atoms with Gasteiger partial charge in [0.1, 0.15) is 12.1 Å². The number of rotatable bonds is 8. The molecule has 96 valence electrons. The lowest BCUT2D eigenvalue weighted by Gasteiger charge is -2.12. The molecule has 2 N–H and O–H groups in total. The van der Waals surface area contributed by atoms with E-state index >= 15 is 0 Å². The van der Waals surface area contributed by atoms with Crippen LogP contribution in [0.4, 0.5) is 5.82 Å². The number of nitrogens with zero attached hydrogens (tertiary/aromatic N) is 2. The molecule has 1 aromatic heterocycles. The highest BCUT2D eigenvalue weighted by Crippen LogP contribution is 2.11. The van der Waals surface area contributed by atoms with E-state index in [4.69, 9.17) is 4.74 Å². The Kier molecular flexibility index (Phi) is 6.32. The highest BCUT2D eigenvalue weighted by molar-refractivity contribution is 5.36. The first kappa shape index (κ1) is 13.7. The second-order valence-electron chi connectivity index (χ2n) is 4.13. The molecule has 0 amide bonds. The maximum absolute atomic E-state index is 5.45. The highest BCUT2D eigenvalue weighted by atomic mass is 16.5. The quantitative estimate of drug-likeness (QED) is 0.719. The van der Waals surface area contributed by atoms with Gasteiger partial charge in [-0.3, -0.25) is 0 Å². The van der Waals surface area contributed by atoms with Crippen LogP contribution in [-0.4, -0.2) is 36.7 Å². The van der Waals surface area contributed by atoms with Crippen LogP contribution in [0.15, 0.2) is 12.4 Å². The summed E-state index contributed by atoms with van der Waals surface area (Å²) in [7, 11) is 1.96. The fourth-order valence-corrected chi connectivity index (χ4v) is 1.42. The van der Waals surface area contributed by atoms with Crippen LogP contribution in [-0.2, 0) is 0 Å². The van der Waals surface area contributed by atoms with Crippen LogP contribution in [0.2, 0.25) is 0 Å². The van der Waals surface area contributed by atoms with Crippen molar-refractivity contribution < 1.29 is 4.74 Å². The lowest BCUT2D eigenvalue weighted by Crippen LogP contribution is -2.23. The van der Waals surface area contributed by atoms with Gasteiger partial charge in [0, 0.05) is 12.6 Å². The summed E-state index contributed by atoms with van der Waals surface area (Å²) in [5.74, 6) is 2.00. The molecule has 0 aliphatic heterocycles. The van der Waals surface area contributed by atoms with E-state index in [0.717, 1.165) is 25.3 Å². The minimum absolute atomic E-state index is 0.551. The zero-order valence-corrected chi connectivity index (χ0v) is 10.9. The van der Waals surface area contributed by atoms with Crippen molar-refractivity contribution in [3.05, 3.63) is 12.4 Å². The van der Waals surface area contributed by atoms with Gasteiger partial charge in [-0.1, -0.05) is 13.8 Å². The third-order valence-corrected chi connectivity index (χ3v) is 2.28. The minimum atomic E-state index is 0.551. The lowest BCUT2D eigenvalue weighted by molar-refractivity contribution is 0.305. The topological polar surface area (TPSA) is 59.1 Å². The van der Waals surface area contributed by atoms with Gasteiger partial charge in [0.15, 0.2) is 0 Å². The van der Waals surface area contributed by atoms with Crippen LogP contribution in [0.1, 0.15) is 20.3 Å². The van der Waals surface area contributed by atoms with Gasteiger partial charge in [0.05, 0.1) is 6.61 Å². The largest absolute Gasteiger partial charge is 0.478 e. The van der Waals surface area contributed by atoms with E-state index in [1.54, 1.807) is 0 Å². The molecule has 0 fully saturated rings. The van der Waals surface area contributed by atoms with Gasteiger partial charge in [-0.05, 0) is 25.9 Å². The first-order valence-electron chi connectivity index (χ1n) is 6.09. The number of aromatic nitrogens is 2. The summed E-state index contributed by atoms with van der Waals surface area (Å²) >= 11 is 0. The van der Waals surface area contributed by atoms with E-state index in [0.29, 0.717) is 18.4 Å². The Hall–Kier alpha value is -1.36. The third-order valence-electron chi connectivity index (χ3n) is 2.28. The second-order valence-corrected chi connectivity index (χ2v) is 4.13. The van der Waals surface area contributed by atoms with Crippen molar-refractivity contribution in [3.8, 4) is 5.88 Å². The molecular weight excluding hydrogens is 216 g/mol. The van der Waals surface area contributed by atoms with E-state index in [2.05, 4.69) is 34.4 Å². The van der Waals surface area contributed by atoms with Crippen molar-refractivity contribution in [2.24, 2.45) is 5.92 Å². The zero-order valence-electron chi connectivity index (χ0n) is 10.9. The van der Waals surface area contributed by atoms with Crippen LogP contribution in [0.3, 0.4) is 0 Å². The predicted molar refractivity (Wildman–Crippen MR) is 69.4 cm³/mol. The molecule has 0 radical (unpaired) electrons. The van der Waals surface area contributed by atoms with Gasteiger partial charge >= 0.3 is 0 Å². The molecule has 0 aromatic carbocycles. The number of hydrogen-bond acceptors (Lipinski definition) is 5. The van der Waals surface area contributed by atoms with Crippen molar-refractivity contribution in [2.45, 2.75) is 20.3 Å². The molecule has 1 rings (SSSR count). The number of anilines is 1. The summed E-state index contributed by atoms with van der Waals surface area (Å²) in [4.78, 5) is 8.21. The van der Waals surface area contributed by atoms with Crippen molar-refractivity contribution in [1.82, 2.24) is 15.3 Å². The number of ether oxygens (including phenoxy) is 1. The van der Waals surface area contributed by atoms with Gasteiger partial charge in [-0.25, -0.2) is 9.97 Å². The Morgan fingerprint density at radius 3 is 2.88 bits per heavy atom. The average molecular weight is 238 g/mol. The molecule has 0 spiro atoms. The molecule has 0 bridgehead atoms. The van der Waals surface area contributed by atoms with Crippen LogP contribution >= 0.6 is 0 Å². The van der Waals surface area contributed by atoms with Crippen LogP contribution in [0, 0.1) is 5.92 Å². The van der Waals surface area contributed by atoms with E-state index in [-0.39, 0.29) is 0 Å². The molecule has 0 saturated heterocycles. The van der Waals surface area contributed by atoms with Crippen molar-refractivity contribution in [2.75, 3.05) is 32.1 Å². The summed E-state index contributed by atoms with van der Waals surface area (Å²) < 4.78 is 5.45. The van der Waals surface area contributed by atoms with Crippen molar-refractivity contribution in [3.63, 3.8) is 0 Å². The Labute approximate surface area is 103 Å². The lowest BCUT2D eigenvalue weighted by atomic mass is 10.2. The molecule has 5 heteroatoms. The van der Waals surface area contributed by atoms with E-state index in [1.807, 2.05) is 13.1 Å². The Bertz CT molecular complexity index is 319. The monoisotopic (exact) mass is 238 g/mol. The van der Waals surface area contributed by atoms with E-state index < -0.39 is 0 Å². The van der Waals surface area contributed by atoms with Gasteiger partial charge in [0.2, 0.25) is 5.88 Å². The minimum Gasteiger partial charge on any atom is -0.478 e. The van der Waals surface area contributed by atoms with Crippen LogP contribution < -0.4 is 15.4 Å². The predicted octanol–water partition coefficient (Wildman–Crippen LogP) is 1.53. The average Bonchev–Trinajstić information content (AvgIpc) is 2.35. The maximum Gasteiger partial charge on any atom is 0.218 e. The molecule has 5 nitrogen and oxygen atoms in total. The number of nitrogens with one attached hydrogen (secondary N) is 2. The van der Waals surface area contributed by atoms with Gasteiger partial charge in [-0.15, -0.1) is 0 Å². The molecule has 17 heavy (non-hydrogen) atoms. The molecule has 0 aliphatic carbocycles. The van der Waals surface area contributed by atoms with Crippen LogP contribution in [0.25, 0.3) is 0 Å². The first-order chi connectivity index (χ1) is 8.26. The summed E-state index contributed by atoms with van der Waals surface area (Å²) in [6.45, 7) is 6.80. The summed E-state index contributed by atoms with van der Waals surface area (Å²) in [5, 5.41) is 6.42. The fourth-order valence-electron chi connectivity index (χ4n) is 1.42. The van der Waals surface area contributed by atoms with Crippen molar-refractivity contribution >= 4 is 5.82 Å². The molecule has 0 aliphatic rings. The normalized spacial score (nSPS) is 12.2. The number of hydrogen-bond donors (Lipinski definition) is 2. The fraction of sp³-hybridized carbons (Fsp3) is 0.667. The maximum atomic E-state index is 5.45. The molecule has 1 atom stereocenters. The molecular formula is C12H22N4O. The smallest absolute Gasteiger partial charge is 0.218 e. The van der Waals surface area contributed by atoms with E-state index in [9.17, 15) is 0 Å². The molecule has 1 aromatic rings. The molecule has 1 heterocycles. The van der Waals surface area contributed by atoms with Gasteiger partial charge in [-0.2, -0.15) is 0 Å². The van der Waals surface area contributed by atoms with Gasteiger partial charge in [0.25, 0.3) is 0 Å². The van der Waals surface area contributed by atoms with E-state index in [1.165, 1.54) is 6.33 Å². The Balaban J connectivity index is 2.42. The standard InChI is InChI=1S/C12H22N4O/c1-4-5-17-12-6-11(15-9-16-12)14-8-10(2)7-13-3/h6,9-10,13H,4-5,7-8H2,1-3H3,(H,14,15,16). The van der Waals surface area contributed by atoms with Crippen molar-refractivity contribution in [1.29, 1.82) is 0 Å². The van der Waals surface area contributed by atoms with Gasteiger partial charge < -0.3 is 15.4 Å². The zero-order chi connectivity index (χ0) is 12.5. The molecule has 1 unspecified atom stereocenters. The summed E-state index contributed by atoms with van der Waals surface area (Å²) in [5.41, 5.74) is 0. The Morgan fingerprint density at radius 1 is 1.35 bits per heavy atom. The molecule has 0 saturated carbocycles. The third kappa shape index (κ3) is 5.49. The summed E-state index contributed by atoms with van der Waals surface area (Å²) in [6, 6.07) is 1.84. The van der Waals surface area contributed by atoms with Crippen LogP contribution in [0.5, 0.6) is 5.88 Å². The summed E-state index contributed by atoms with van der Waals surface area (Å²) in [6.07, 6.45) is 2.50. The second kappa shape index (κ2) is 7.84. The first-order valence-corrected chi connectivity index (χ1v) is 6.09. The Morgan fingerprint density at radius 2 is 2.18 bits per heavy atom.